The number of aromatic hydroxyl groups is 1. The van der Waals surface area contributed by atoms with Gasteiger partial charge in [0.2, 0.25) is 23.6 Å². The molecule has 0 saturated carbocycles. The summed E-state index contributed by atoms with van der Waals surface area (Å²) in [4.78, 5) is 59.4. The first-order valence-corrected chi connectivity index (χ1v) is 9.70. The van der Waals surface area contributed by atoms with Crippen molar-refractivity contribution in [2.24, 2.45) is 11.5 Å². The van der Waals surface area contributed by atoms with Gasteiger partial charge in [-0.3, -0.25) is 19.2 Å². The Labute approximate surface area is 183 Å². The maximum absolute atomic E-state index is 12.8. The van der Waals surface area contributed by atoms with Gasteiger partial charge in [0, 0.05) is 12.2 Å². The van der Waals surface area contributed by atoms with Gasteiger partial charge in [0.1, 0.15) is 23.9 Å². The molecule has 4 amide bonds. The van der Waals surface area contributed by atoms with E-state index in [9.17, 15) is 29.1 Å². The summed E-state index contributed by atoms with van der Waals surface area (Å²) in [5.41, 5.74) is 11.0. The van der Waals surface area contributed by atoms with Gasteiger partial charge in [-0.15, -0.1) is 0 Å². The summed E-state index contributed by atoms with van der Waals surface area (Å²) in [7, 11) is 0. The van der Waals surface area contributed by atoms with Crippen LogP contribution in [0.4, 0.5) is 0 Å². The highest BCUT2D eigenvalue weighted by atomic mass is 32.1. The molecule has 3 atom stereocenters. The zero-order valence-electron chi connectivity index (χ0n) is 16.4. The van der Waals surface area contributed by atoms with E-state index in [4.69, 9.17) is 16.6 Å². The molecular formula is C18H25N5O7S. The number of carboxylic acid groups (broad SMARTS) is 1. The molecule has 0 fully saturated rings. The monoisotopic (exact) mass is 455 g/mol. The van der Waals surface area contributed by atoms with Crippen molar-refractivity contribution in [1.29, 1.82) is 0 Å². The lowest BCUT2D eigenvalue weighted by atomic mass is 10.0. The highest BCUT2D eigenvalue weighted by Gasteiger charge is 2.30. The summed E-state index contributed by atoms with van der Waals surface area (Å²) in [6.45, 7) is -0.396. The molecular weight excluding hydrogens is 430 g/mol. The van der Waals surface area contributed by atoms with Gasteiger partial charge in [-0.1, -0.05) is 12.1 Å². The molecule has 31 heavy (non-hydrogen) atoms. The number of carbonyl (C=O) groups excluding carboxylic acids is 4. The third-order valence-electron chi connectivity index (χ3n) is 4.05. The van der Waals surface area contributed by atoms with E-state index >= 15 is 0 Å². The molecule has 12 nitrogen and oxygen atoms in total. The topological polar surface area (TPSA) is 214 Å². The summed E-state index contributed by atoms with van der Waals surface area (Å²) in [5, 5.41) is 25.3. The number of carboxylic acids is 1. The molecule has 0 spiro atoms. The van der Waals surface area contributed by atoms with Crippen molar-refractivity contribution < 1.29 is 34.2 Å². The zero-order valence-corrected chi connectivity index (χ0v) is 17.3. The Morgan fingerprint density at radius 2 is 1.48 bits per heavy atom. The third-order valence-corrected chi connectivity index (χ3v) is 4.41. The molecule has 1 aromatic carbocycles. The van der Waals surface area contributed by atoms with E-state index in [1.165, 1.54) is 24.3 Å². The molecule has 3 unspecified atom stereocenters. The number of nitrogens with one attached hydrogen (secondary N) is 3. The van der Waals surface area contributed by atoms with Crippen LogP contribution in [0.5, 0.6) is 5.75 Å². The van der Waals surface area contributed by atoms with E-state index < -0.39 is 60.7 Å². The van der Waals surface area contributed by atoms with Crippen LogP contribution in [0.15, 0.2) is 24.3 Å². The summed E-state index contributed by atoms with van der Waals surface area (Å²) in [5.74, 6) is -4.92. The number of phenolic OH excluding ortho intramolecular Hbond substituents is 1. The van der Waals surface area contributed by atoms with Gasteiger partial charge >= 0.3 is 5.97 Å². The number of benzene rings is 1. The number of thiol groups is 1. The second-order valence-corrected chi connectivity index (χ2v) is 6.87. The minimum absolute atomic E-state index is 0.00566. The van der Waals surface area contributed by atoms with E-state index in [0.29, 0.717) is 5.56 Å². The Morgan fingerprint density at radius 1 is 0.935 bits per heavy atom. The van der Waals surface area contributed by atoms with E-state index in [1.54, 1.807) is 0 Å². The summed E-state index contributed by atoms with van der Waals surface area (Å²) in [6.07, 6.45) is -0.621. The molecule has 9 N–H and O–H groups in total. The van der Waals surface area contributed by atoms with E-state index in [0.717, 1.165) is 0 Å². The Balaban J connectivity index is 3.02. The second kappa shape index (κ2) is 12.4. The van der Waals surface area contributed by atoms with Crippen molar-refractivity contribution in [2.45, 2.75) is 31.0 Å². The molecule has 0 aliphatic rings. The SMILES string of the molecule is NCC(=O)NC(Cc1ccc(O)cc1)C(=O)NC(CC(N)=O)C(=O)NC(CS)C(=O)O. The number of rotatable bonds is 12. The average molecular weight is 455 g/mol. The molecule has 0 bridgehead atoms. The van der Waals surface area contributed by atoms with E-state index in [2.05, 4.69) is 28.6 Å². The average Bonchev–Trinajstić information content (AvgIpc) is 2.71. The number of carbonyl (C=O) groups is 5. The van der Waals surface area contributed by atoms with Crippen molar-refractivity contribution in [2.75, 3.05) is 12.3 Å². The highest BCUT2D eigenvalue weighted by molar-refractivity contribution is 7.80. The third kappa shape index (κ3) is 8.92. The van der Waals surface area contributed by atoms with Gasteiger partial charge in [-0.25, -0.2) is 4.79 Å². The van der Waals surface area contributed by atoms with Crippen LogP contribution in [0.1, 0.15) is 12.0 Å². The lowest BCUT2D eigenvalue weighted by Gasteiger charge is -2.23. The molecule has 0 aliphatic heterocycles. The van der Waals surface area contributed by atoms with Crippen molar-refractivity contribution in [3.8, 4) is 5.75 Å². The lowest BCUT2D eigenvalue weighted by Crippen LogP contribution is -2.57. The molecule has 1 rings (SSSR count). The van der Waals surface area contributed by atoms with Crippen LogP contribution in [0, 0.1) is 0 Å². The fourth-order valence-corrected chi connectivity index (χ4v) is 2.72. The van der Waals surface area contributed by atoms with Gasteiger partial charge in [0.15, 0.2) is 0 Å². The van der Waals surface area contributed by atoms with Crippen LogP contribution in [0.3, 0.4) is 0 Å². The van der Waals surface area contributed by atoms with Gasteiger partial charge in [-0.2, -0.15) is 12.6 Å². The second-order valence-electron chi connectivity index (χ2n) is 6.51. The number of primary amides is 1. The molecule has 13 heteroatoms. The number of amides is 4. The molecule has 170 valence electrons. The van der Waals surface area contributed by atoms with Crippen LogP contribution in [0.2, 0.25) is 0 Å². The molecule has 0 heterocycles. The molecule has 0 saturated heterocycles. The van der Waals surface area contributed by atoms with Crippen molar-refractivity contribution in [3.63, 3.8) is 0 Å². The molecule has 0 aliphatic carbocycles. The van der Waals surface area contributed by atoms with Crippen LogP contribution in [-0.2, 0) is 30.4 Å². The van der Waals surface area contributed by atoms with E-state index in [-0.39, 0.29) is 17.9 Å². The molecule has 0 radical (unpaired) electrons. The smallest absolute Gasteiger partial charge is 0.327 e. The molecule has 1 aromatic rings. The number of hydrogen-bond acceptors (Lipinski definition) is 8. The summed E-state index contributed by atoms with van der Waals surface area (Å²) < 4.78 is 0. The zero-order chi connectivity index (χ0) is 23.6. The first-order valence-electron chi connectivity index (χ1n) is 9.07. The largest absolute Gasteiger partial charge is 0.508 e. The lowest BCUT2D eigenvalue weighted by molar-refractivity contribution is -0.141. The normalized spacial score (nSPS) is 13.4. The first-order chi connectivity index (χ1) is 14.6. The quantitative estimate of drug-likeness (QED) is 0.154. The van der Waals surface area contributed by atoms with Crippen molar-refractivity contribution in [3.05, 3.63) is 29.8 Å². The van der Waals surface area contributed by atoms with Crippen molar-refractivity contribution in [1.82, 2.24) is 16.0 Å². The first kappa shape index (κ1) is 25.7. The number of hydrogen-bond donors (Lipinski definition) is 8. The van der Waals surface area contributed by atoms with Crippen LogP contribution in [-0.4, -0.2) is 70.2 Å². The summed E-state index contributed by atoms with van der Waals surface area (Å²) in [6, 6.07) is 1.83. The number of phenols is 1. The Kier molecular flexibility index (Phi) is 10.3. The fourth-order valence-electron chi connectivity index (χ4n) is 2.47. The minimum atomic E-state index is -1.48. The predicted molar refractivity (Wildman–Crippen MR) is 112 cm³/mol. The highest BCUT2D eigenvalue weighted by Crippen LogP contribution is 2.12. The minimum Gasteiger partial charge on any atom is -0.508 e. The Hall–Kier alpha value is -3.32. The molecule has 0 aromatic heterocycles. The van der Waals surface area contributed by atoms with Crippen molar-refractivity contribution >= 4 is 42.2 Å². The van der Waals surface area contributed by atoms with Gasteiger partial charge in [0.25, 0.3) is 0 Å². The van der Waals surface area contributed by atoms with Gasteiger partial charge < -0.3 is 37.6 Å². The fraction of sp³-hybridized carbons (Fsp3) is 0.389. The van der Waals surface area contributed by atoms with Gasteiger partial charge in [-0.05, 0) is 17.7 Å². The van der Waals surface area contributed by atoms with E-state index in [1.807, 2.05) is 0 Å². The standard InChI is InChI=1S/C18H25N5O7S/c19-7-15(26)21-11(5-9-1-3-10(24)4-2-9)16(27)22-12(6-14(20)25)17(28)23-13(8-31)18(29)30/h1-4,11-13,24,31H,5-8,19H2,(H2,20,25)(H,21,26)(H,22,27)(H,23,28)(H,29,30). The van der Waals surface area contributed by atoms with Crippen LogP contribution >= 0.6 is 12.6 Å². The number of aliphatic carboxylic acids is 1. The predicted octanol–water partition coefficient (Wildman–Crippen LogP) is -2.76. The van der Waals surface area contributed by atoms with Crippen LogP contribution in [0.25, 0.3) is 0 Å². The summed E-state index contributed by atoms with van der Waals surface area (Å²) >= 11 is 3.83. The number of nitrogens with two attached hydrogens (primary N) is 2. The Bertz CT molecular complexity index is 818. The van der Waals surface area contributed by atoms with Crippen LogP contribution < -0.4 is 27.4 Å². The maximum atomic E-state index is 12.8. The van der Waals surface area contributed by atoms with Gasteiger partial charge in [0.05, 0.1) is 13.0 Å². The Morgan fingerprint density at radius 3 is 1.97 bits per heavy atom. The maximum Gasteiger partial charge on any atom is 0.327 e.